The highest BCUT2D eigenvalue weighted by molar-refractivity contribution is 8.14. The molecule has 0 aromatic heterocycles. The van der Waals surface area contributed by atoms with E-state index in [0.29, 0.717) is 17.5 Å². The molecule has 2 aliphatic heterocycles. The van der Waals surface area contributed by atoms with Gasteiger partial charge in [-0.15, -0.1) is 0 Å². The fraction of sp³-hybridized carbons (Fsp3) is 0.545. The van der Waals surface area contributed by atoms with Crippen LogP contribution in [0.25, 0.3) is 0 Å². The predicted octanol–water partition coefficient (Wildman–Crippen LogP) is -1.10. The number of likely N-dealkylation sites (N-methyl/N-ethyl adjacent to an activating group) is 3. The second-order valence-corrected chi connectivity index (χ2v) is 5.38. The summed E-state index contributed by atoms with van der Waals surface area (Å²) in [5.74, 6) is -0.298. The Morgan fingerprint density at radius 1 is 1.40 bits per heavy atom. The molecule has 1 atom stereocenters. The average molecular weight is 298 g/mol. The quantitative estimate of drug-likeness (QED) is 0.668. The Labute approximate surface area is 120 Å². The zero-order valence-corrected chi connectivity index (χ0v) is 12.3. The van der Waals surface area contributed by atoms with E-state index in [0.717, 1.165) is 4.90 Å². The Hall–Kier alpha value is -1.90. The summed E-state index contributed by atoms with van der Waals surface area (Å²) in [7, 11) is 3.02. The molecule has 0 aliphatic carbocycles. The topological polar surface area (TPSA) is 99.1 Å². The van der Waals surface area contributed by atoms with Crippen LogP contribution in [0.2, 0.25) is 0 Å². The lowest BCUT2D eigenvalue weighted by atomic mass is 10.1. The van der Waals surface area contributed by atoms with E-state index in [9.17, 15) is 14.4 Å². The fourth-order valence-electron chi connectivity index (χ4n) is 2.14. The molecule has 0 saturated carbocycles. The molecule has 0 bridgehead atoms. The Kier molecular flexibility index (Phi) is 3.80. The van der Waals surface area contributed by atoms with Crippen LogP contribution in [0.5, 0.6) is 0 Å². The van der Waals surface area contributed by atoms with Crippen molar-refractivity contribution in [3.05, 3.63) is 0 Å². The Balaban J connectivity index is 2.37. The van der Waals surface area contributed by atoms with E-state index in [1.807, 2.05) is 6.92 Å². The number of fused-ring (bicyclic) bond motifs is 1. The van der Waals surface area contributed by atoms with Gasteiger partial charge in [-0.05, 0) is 23.7 Å². The summed E-state index contributed by atoms with van der Waals surface area (Å²) in [4.78, 5) is 41.8. The summed E-state index contributed by atoms with van der Waals surface area (Å²) in [5.41, 5.74) is 5.12. The summed E-state index contributed by atoms with van der Waals surface area (Å²) in [6.45, 7) is 2.42. The molecule has 1 unspecified atom stereocenters. The maximum atomic E-state index is 12.3. The van der Waals surface area contributed by atoms with Gasteiger partial charge in [-0.1, -0.05) is 0 Å². The highest BCUT2D eigenvalue weighted by Gasteiger charge is 2.52. The van der Waals surface area contributed by atoms with Crippen LogP contribution < -0.4 is 5.73 Å². The second kappa shape index (κ2) is 5.23. The van der Waals surface area contributed by atoms with E-state index in [1.165, 1.54) is 23.7 Å². The van der Waals surface area contributed by atoms with E-state index in [4.69, 9.17) is 5.73 Å². The van der Waals surface area contributed by atoms with Crippen molar-refractivity contribution in [3.63, 3.8) is 0 Å². The van der Waals surface area contributed by atoms with Gasteiger partial charge in [-0.3, -0.25) is 19.4 Å². The SMILES string of the molecule is CC[N+]1=C(SCC(N)=O)N=C2C1C(=O)N(C)C(=O)N2C. The molecule has 2 aliphatic rings. The maximum Gasteiger partial charge on any atom is 0.358 e. The molecule has 2 N–H and O–H groups in total. The van der Waals surface area contributed by atoms with Gasteiger partial charge in [0.05, 0.1) is 12.3 Å². The van der Waals surface area contributed by atoms with E-state index >= 15 is 0 Å². The van der Waals surface area contributed by atoms with E-state index in [2.05, 4.69) is 4.99 Å². The molecule has 2 heterocycles. The number of rotatable bonds is 3. The first-order chi connectivity index (χ1) is 9.38. The van der Waals surface area contributed by atoms with Crippen LogP contribution >= 0.6 is 11.8 Å². The standard InChI is InChI=1S/C11H15N5O3S/c1-4-16-7-8(13-10(16)20-5-6(12)17)14(2)11(19)15(3)9(7)18/h7H,4-5H2,1-3H3,(H-,12,17)/p+1. The lowest BCUT2D eigenvalue weighted by Crippen LogP contribution is -2.61. The monoisotopic (exact) mass is 298 g/mol. The number of hydrogen-bond donors (Lipinski definition) is 1. The number of hydrogen-bond acceptors (Lipinski definition) is 5. The van der Waals surface area contributed by atoms with E-state index < -0.39 is 18.0 Å². The number of amidine groups is 2. The number of aliphatic imine (C=N–C) groups is 1. The van der Waals surface area contributed by atoms with Gasteiger partial charge >= 0.3 is 11.2 Å². The smallest absolute Gasteiger partial charge is 0.358 e. The number of amides is 4. The largest absolute Gasteiger partial charge is 0.369 e. The van der Waals surface area contributed by atoms with Gasteiger partial charge in [0.25, 0.3) is 17.8 Å². The van der Waals surface area contributed by atoms with Crippen LogP contribution in [0.4, 0.5) is 4.79 Å². The molecule has 9 heteroatoms. The number of nitrogens with two attached hydrogens (primary N) is 1. The van der Waals surface area contributed by atoms with Gasteiger partial charge in [0.15, 0.2) is 0 Å². The third-order valence-electron chi connectivity index (χ3n) is 3.18. The number of thioether (sulfide) groups is 1. The molecule has 0 aromatic carbocycles. The zero-order valence-electron chi connectivity index (χ0n) is 11.5. The second-order valence-electron chi connectivity index (χ2n) is 4.43. The molecule has 8 nitrogen and oxygen atoms in total. The average Bonchev–Trinajstić information content (AvgIpc) is 2.79. The van der Waals surface area contributed by atoms with Crippen LogP contribution in [-0.4, -0.2) is 75.7 Å². The number of nitrogens with zero attached hydrogens (tertiary/aromatic N) is 4. The summed E-state index contributed by atoms with van der Waals surface area (Å²) < 4.78 is 1.77. The highest BCUT2D eigenvalue weighted by Crippen LogP contribution is 2.22. The Bertz CT molecular complexity index is 556. The Morgan fingerprint density at radius 3 is 2.60 bits per heavy atom. The molecule has 108 valence electrons. The first kappa shape index (κ1) is 14.5. The summed E-state index contributed by atoms with van der Waals surface area (Å²) in [5, 5.41) is 0.537. The van der Waals surface area contributed by atoms with Gasteiger partial charge in [-0.2, -0.15) is 0 Å². The van der Waals surface area contributed by atoms with Crippen molar-refractivity contribution in [3.8, 4) is 0 Å². The van der Waals surface area contributed by atoms with Gasteiger partial charge in [0.2, 0.25) is 5.91 Å². The highest BCUT2D eigenvalue weighted by atomic mass is 32.2. The molecule has 4 amide bonds. The van der Waals surface area contributed by atoms with Gasteiger partial charge in [0, 0.05) is 14.1 Å². The predicted molar refractivity (Wildman–Crippen MR) is 74.6 cm³/mol. The number of urea groups is 1. The van der Waals surface area contributed by atoms with Gasteiger partial charge < -0.3 is 5.73 Å². The molecule has 20 heavy (non-hydrogen) atoms. The van der Waals surface area contributed by atoms with Gasteiger partial charge in [-0.25, -0.2) is 9.37 Å². The van der Waals surface area contributed by atoms with Crippen LogP contribution in [0, 0.1) is 0 Å². The molecule has 1 fully saturated rings. The van der Waals surface area contributed by atoms with Crippen molar-refractivity contribution in [1.29, 1.82) is 0 Å². The van der Waals surface area contributed by atoms with Crippen molar-refractivity contribution in [2.75, 3.05) is 26.4 Å². The summed E-state index contributed by atoms with van der Waals surface area (Å²) in [6.07, 6.45) is 0. The third-order valence-corrected chi connectivity index (χ3v) is 4.19. The lowest BCUT2D eigenvalue weighted by Gasteiger charge is -2.30. The number of carbonyl (C=O) groups excluding carboxylic acids is 3. The number of imide groups is 1. The van der Waals surface area contributed by atoms with Crippen molar-refractivity contribution in [1.82, 2.24) is 9.80 Å². The molecule has 0 radical (unpaired) electrons. The summed E-state index contributed by atoms with van der Waals surface area (Å²) in [6, 6.07) is -1.02. The zero-order chi connectivity index (χ0) is 15.0. The molecular formula is C11H16N5O3S+. The van der Waals surface area contributed by atoms with Crippen molar-refractivity contribution >= 4 is 40.6 Å². The van der Waals surface area contributed by atoms with Crippen LogP contribution in [-0.2, 0) is 9.59 Å². The van der Waals surface area contributed by atoms with Crippen molar-refractivity contribution in [2.24, 2.45) is 10.7 Å². The minimum atomic E-state index is -0.608. The number of carbonyl (C=O) groups is 3. The maximum absolute atomic E-state index is 12.3. The number of primary amides is 1. The molecule has 1 saturated heterocycles. The first-order valence-corrected chi connectivity index (χ1v) is 7.05. The van der Waals surface area contributed by atoms with E-state index in [1.54, 1.807) is 11.6 Å². The van der Waals surface area contributed by atoms with Crippen LogP contribution in [0.1, 0.15) is 6.92 Å². The Morgan fingerprint density at radius 2 is 2.05 bits per heavy atom. The van der Waals surface area contributed by atoms with Crippen molar-refractivity contribution < 1.29 is 19.0 Å². The molecule has 0 spiro atoms. The third kappa shape index (κ3) is 2.17. The fourth-order valence-corrected chi connectivity index (χ4v) is 2.97. The molecular weight excluding hydrogens is 282 g/mol. The van der Waals surface area contributed by atoms with Gasteiger partial charge in [0.1, 0.15) is 0 Å². The molecule has 0 aromatic rings. The first-order valence-electron chi connectivity index (χ1n) is 6.07. The minimum absolute atomic E-state index is 0.0804. The molecule has 2 rings (SSSR count). The van der Waals surface area contributed by atoms with Crippen LogP contribution in [0.15, 0.2) is 4.99 Å². The normalized spacial score (nSPS) is 22.4. The summed E-state index contributed by atoms with van der Waals surface area (Å²) >= 11 is 1.17. The van der Waals surface area contributed by atoms with Crippen LogP contribution in [0.3, 0.4) is 0 Å². The lowest BCUT2D eigenvalue weighted by molar-refractivity contribution is -0.529. The minimum Gasteiger partial charge on any atom is -0.369 e. The van der Waals surface area contributed by atoms with E-state index in [-0.39, 0.29) is 11.7 Å². The van der Waals surface area contributed by atoms with Crippen molar-refractivity contribution in [2.45, 2.75) is 13.0 Å².